The van der Waals surface area contributed by atoms with Gasteiger partial charge in [0.2, 0.25) is 0 Å². The normalized spacial score (nSPS) is 45.6. The van der Waals surface area contributed by atoms with E-state index in [1.54, 1.807) is 7.11 Å². The predicted octanol–water partition coefficient (Wildman–Crippen LogP) is 7.42. The molecule has 0 heterocycles. The van der Waals surface area contributed by atoms with Gasteiger partial charge in [-0.15, -0.1) is 0 Å². The van der Waals surface area contributed by atoms with E-state index >= 15 is 0 Å². The first-order chi connectivity index (χ1) is 13.9. The van der Waals surface area contributed by atoms with Gasteiger partial charge >= 0.3 is 0 Å². The Labute approximate surface area is 186 Å². The molecule has 4 aliphatic rings. The van der Waals surface area contributed by atoms with E-state index in [1.807, 2.05) is 0 Å². The average molecular weight is 434 g/mol. The molecule has 4 heteroatoms. The fourth-order valence-corrected chi connectivity index (χ4v) is 9.37. The predicted molar refractivity (Wildman–Crippen MR) is 128 cm³/mol. The van der Waals surface area contributed by atoms with Crippen LogP contribution in [0.25, 0.3) is 0 Å². The zero-order chi connectivity index (χ0) is 21.9. The van der Waals surface area contributed by atoms with Gasteiger partial charge in [-0.1, -0.05) is 39.8 Å². The van der Waals surface area contributed by atoms with Crippen LogP contribution in [-0.4, -0.2) is 27.2 Å². The van der Waals surface area contributed by atoms with Crippen LogP contribution in [0, 0.1) is 34.5 Å². The van der Waals surface area contributed by atoms with Crippen molar-refractivity contribution in [3.05, 3.63) is 0 Å². The minimum absolute atomic E-state index is 0.295. The Morgan fingerprint density at radius 1 is 0.967 bits per heavy atom. The van der Waals surface area contributed by atoms with E-state index in [0.29, 0.717) is 22.0 Å². The SMILES string of the molecule is CON=C1CCC2C3CC[C@@H]4C[C@H](O[Si](C)(C)C(C)(C)C)CC[C@]4(C)C3CC[C@]12C. The Hall–Kier alpha value is -0.353. The van der Waals surface area contributed by atoms with Gasteiger partial charge < -0.3 is 9.26 Å². The van der Waals surface area contributed by atoms with Gasteiger partial charge in [-0.2, -0.15) is 0 Å². The van der Waals surface area contributed by atoms with E-state index < -0.39 is 8.32 Å². The number of nitrogens with zero attached hydrogens (tertiary/aromatic N) is 1. The molecule has 4 fully saturated rings. The van der Waals surface area contributed by atoms with Gasteiger partial charge in [-0.05, 0) is 105 Å². The van der Waals surface area contributed by atoms with Crippen molar-refractivity contribution in [1.29, 1.82) is 0 Å². The van der Waals surface area contributed by atoms with Crippen LogP contribution in [0.5, 0.6) is 0 Å². The molecule has 0 spiro atoms. The van der Waals surface area contributed by atoms with Crippen molar-refractivity contribution >= 4 is 14.0 Å². The first kappa shape index (κ1) is 22.8. The summed E-state index contributed by atoms with van der Waals surface area (Å²) in [6, 6.07) is 0. The second-order valence-corrected chi connectivity index (χ2v) is 17.9. The number of hydrogen-bond acceptors (Lipinski definition) is 3. The zero-order valence-electron chi connectivity index (χ0n) is 21.0. The molecule has 30 heavy (non-hydrogen) atoms. The Balaban J connectivity index is 1.48. The van der Waals surface area contributed by atoms with Gasteiger partial charge in [0, 0.05) is 11.5 Å². The first-order valence-electron chi connectivity index (χ1n) is 12.7. The molecule has 0 saturated heterocycles. The number of oxime groups is 1. The molecular formula is C26H47NO2Si. The van der Waals surface area contributed by atoms with Gasteiger partial charge in [0.05, 0.1) is 5.71 Å². The van der Waals surface area contributed by atoms with E-state index in [4.69, 9.17) is 9.26 Å². The maximum absolute atomic E-state index is 6.91. The summed E-state index contributed by atoms with van der Waals surface area (Å²) in [5.74, 6) is 3.49. The van der Waals surface area contributed by atoms with Crippen molar-refractivity contribution in [2.75, 3.05) is 7.11 Å². The summed E-state index contributed by atoms with van der Waals surface area (Å²) in [4.78, 5) is 5.23. The first-order valence-corrected chi connectivity index (χ1v) is 15.6. The molecule has 0 aromatic heterocycles. The molecule has 0 aromatic rings. The van der Waals surface area contributed by atoms with Gasteiger partial charge in [-0.25, -0.2) is 0 Å². The van der Waals surface area contributed by atoms with Crippen LogP contribution in [-0.2, 0) is 9.26 Å². The lowest BCUT2D eigenvalue weighted by Crippen LogP contribution is -2.55. The van der Waals surface area contributed by atoms with Gasteiger partial charge in [0.25, 0.3) is 0 Å². The summed E-state index contributed by atoms with van der Waals surface area (Å²) < 4.78 is 6.91. The topological polar surface area (TPSA) is 30.8 Å². The molecule has 4 saturated carbocycles. The standard InChI is InChI=1S/C26H47NO2Si/c1-24(2,3)30(7,8)29-19-13-15-25(4)18(17-19)9-10-20-21-11-12-23(27-28-6)26(21,5)16-14-22(20)25/h18-22H,9-17H2,1-8H3/t18-,19-,20?,21?,22?,25+,26+/m1/s1. The van der Waals surface area contributed by atoms with E-state index in [2.05, 4.69) is 52.9 Å². The van der Waals surface area contributed by atoms with Crippen LogP contribution in [0.15, 0.2) is 5.16 Å². The third kappa shape index (κ3) is 3.52. The maximum Gasteiger partial charge on any atom is 0.192 e. The molecule has 4 rings (SSSR count). The summed E-state index contributed by atoms with van der Waals surface area (Å²) in [5.41, 5.74) is 2.18. The molecule has 3 nitrogen and oxygen atoms in total. The van der Waals surface area contributed by atoms with E-state index in [-0.39, 0.29) is 0 Å². The van der Waals surface area contributed by atoms with Crippen molar-refractivity contribution in [2.24, 2.45) is 39.7 Å². The molecule has 0 radical (unpaired) electrons. The van der Waals surface area contributed by atoms with Crippen LogP contribution in [0.1, 0.15) is 92.4 Å². The smallest absolute Gasteiger partial charge is 0.192 e. The van der Waals surface area contributed by atoms with Crippen molar-refractivity contribution in [3.63, 3.8) is 0 Å². The lowest BCUT2D eigenvalue weighted by molar-refractivity contribution is -0.112. The average Bonchev–Trinajstić information content (AvgIpc) is 2.98. The fourth-order valence-electron chi connectivity index (χ4n) is 7.97. The van der Waals surface area contributed by atoms with Crippen LogP contribution in [0.3, 0.4) is 0 Å². The Morgan fingerprint density at radius 3 is 2.37 bits per heavy atom. The van der Waals surface area contributed by atoms with Crippen molar-refractivity contribution < 1.29 is 9.26 Å². The lowest BCUT2D eigenvalue weighted by Gasteiger charge is -2.60. The Bertz CT molecular complexity index is 683. The highest BCUT2D eigenvalue weighted by molar-refractivity contribution is 6.74. The molecule has 172 valence electrons. The Morgan fingerprint density at radius 2 is 1.70 bits per heavy atom. The van der Waals surface area contributed by atoms with Crippen molar-refractivity contribution in [1.82, 2.24) is 0 Å². The summed E-state index contributed by atoms with van der Waals surface area (Å²) >= 11 is 0. The second-order valence-electron chi connectivity index (χ2n) is 13.1. The largest absolute Gasteiger partial charge is 0.414 e. The van der Waals surface area contributed by atoms with Gasteiger partial charge in [0.15, 0.2) is 8.32 Å². The van der Waals surface area contributed by atoms with Crippen LogP contribution < -0.4 is 0 Å². The summed E-state index contributed by atoms with van der Waals surface area (Å²) in [7, 11) is 0.0382. The van der Waals surface area contributed by atoms with E-state index in [1.165, 1.54) is 57.1 Å². The third-order valence-electron chi connectivity index (χ3n) is 10.8. The molecule has 0 aliphatic heterocycles. The van der Waals surface area contributed by atoms with E-state index in [0.717, 1.165) is 30.1 Å². The Kier molecular flexibility index (Phi) is 5.79. The van der Waals surface area contributed by atoms with Crippen LogP contribution in [0.2, 0.25) is 18.1 Å². The fraction of sp³-hybridized carbons (Fsp3) is 0.962. The van der Waals surface area contributed by atoms with Crippen molar-refractivity contribution in [2.45, 2.75) is 117 Å². The molecule has 0 aromatic carbocycles. The number of hydrogen-bond donors (Lipinski definition) is 0. The van der Waals surface area contributed by atoms with Crippen molar-refractivity contribution in [3.8, 4) is 0 Å². The van der Waals surface area contributed by atoms with Gasteiger partial charge in [-0.3, -0.25) is 0 Å². The summed E-state index contributed by atoms with van der Waals surface area (Å²) in [6.45, 7) is 17.1. The minimum atomic E-state index is -1.68. The molecule has 0 amide bonds. The maximum atomic E-state index is 6.91. The van der Waals surface area contributed by atoms with Crippen LogP contribution >= 0.6 is 0 Å². The summed E-state index contributed by atoms with van der Waals surface area (Å²) in [5, 5.41) is 4.79. The molecule has 3 unspecified atom stereocenters. The molecule has 0 bridgehead atoms. The summed E-state index contributed by atoms with van der Waals surface area (Å²) in [6.07, 6.45) is 12.5. The highest BCUT2D eigenvalue weighted by atomic mass is 28.4. The second kappa shape index (κ2) is 7.61. The number of fused-ring (bicyclic) bond motifs is 5. The third-order valence-corrected chi connectivity index (χ3v) is 15.4. The quantitative estimate of drug-likeness (QED) is 0.342. The highest BCUT2D eigenvalue weighted by Crippen LogP contribution is 2.66. The molecule has 7 atom stereocenters. The minimum Gasteiger partial charge on any atom is -0.414 e. The van der Waals surface area contributed by atoms with E-state index in [9.17, 15) is 0 Å². The molecular weight excluding hydrogens is 386 g/mol. The molecule has 0 N–H and O–H groups in total. The zero-order valence-corrected chi connectivity index (χ0v) is 22.0. The lowest BCUT2D eigenvalue weighted by atomic mass is 9.45. The van der Waals surface area contributed by atoms with Crippen LogP contribution in [0.4, 0.5) is 0 Å². The molecule has 4 aliphatic carbocycles. The van der Waals surface area contributed by atoms with Gasteiger partial charge in [0.1, 0.15) is 7.11 Å². The highest BCUT2D eigenvalue weighted by Gasteiger charge is 2.60. The monoisotopic (exact) mass is 433 g/mol. The number of rotatable bonds is 3.